The number of nitrogens with zero attached hydrogens (tertiary/aromatic N) is 1. The number of esters is 1. The van der Waals surface area contributed by atoms with Crippen molar-refractivity contribution >= 4 is 11.9 Å². The van der Waals surface area contributed by atoms with Crippen LogP contribution in [0.15, 0.2) is 30.3 Å². The largest absolute Gasteiger partial charge is 0.468 e. The van der Waals surface area contributed by atoms with Gasteiger partial charge in [0.1, 0.15) is 6.54 Å². The molecule has 0 saturated carbocycles. The van der Waals surface area contributed by atoms with Crippen LogP contribution in [0.25, 0.3) is 0 Å². The van der Waals surface area contributed by atoms with E-state index in [9.17, 15) is 9.59 Å². The minimum absolute atomic E-state index is 0.0133. The zero-order chi connectivity index (χ0) is 15.3. The molecule has 2 rings (SSSR count). The summed E-state index contributed by atoms with van der Waals surface area (Å²) in [5.74, 6) is -0.413. The number of amides is 1. The third kappa shape index (κ3) is 3.24. The van der Waals surface area contributed by atoms with Crippen LogP contribution in [0.4, 0.5) is 0 Å². The van der Waals surface area contributed by atoms with Crippen LogP contribution < -0.4 is 5.32 Å². The predicted molar refractivity (Wildman–Crippen MR) is 79.9 cm³/mol. The van der Waals surface area contributed by atoms with Crippen LogP contribution >= 0.6 is 0 Å². The Morgan fingerprint density at radius 2 is 1.86 bits per heavy atom. The van der Waals surface area contributed by atoms with Crippen molar-refractivity contribution in [2.75, 3.05) is 33.8 Å². The summed E-state index contributed by atoms with van der Waals surface area (Å²) in [4.78, 5) is 25.9. The van der Waals surface area contributed by atoms with Gasteiger partial charge >= 0.3 is 5.97 Å². The standard InChI is InChI=1S/C16H22N2O3/c1-18(12-14(19)21-2)15(20)16(8-10-17-11-9-16)13-6-4-3-5-7-13/h3-7,17H,8-12H2,1-2H3. The molecule has 0 bridgehead atoms. The molecule has 21 heavy (non-hydrogen) atoms. The van der Waals surface area contributed by atoms with Crippen molar-refractivity contribution in [2.45, 2.75) is 18.3 Å². The van der Waals surface area contributed by atoms with Crippen LogP contribution in [-0.4, -0.2) is 50.6 Å². The van der Waals surface area contributed by atoms with Gasteiger partial charge in [-0.15, -0.1) is 0 Å². The van der Waals surface area contributed by atoms with E-state index < -0.39 is 11.4 Å². The first kappa shape index (κ1) is 15.5. The maximum Gasteiger partial charge on any atom is 0.325 e. The topological polar surface area (TPSA) is 58.6 Å². The summed E-state index contributed by atoms with van der Waals surface area (Å²) >= 11 is 0. The van der Waals surface area contributed by atoms with E-state index in [0.29, 0.717) is 0 Å². The van der Waals surface area contributed by atoms with Gasteiger partial charge in [-0.2, -0.15) is 0 Å². The SMILES string of the molecule is COC(=O)CN(C)C(=O)C1(c2ccccc2)CCNCC1. The zero-order valence-electron chi connectivity index (χ0n) is 12.6. The molecule has 0 aliphatic carbocycles. The quantitative estimate of drug-likeness (QED) is 0.839. The summed E-state index contributed by atoms with van der Waals surface area (Å²) in [6.07, 6.45) is 1.47. The summed E-state index contributed by atoms with van der Waals surface area (Å²) in [5, 5.41) is 3.29. The molecule has 0 unspecified atom stereocenters. The second kappa shape index (κ2) is 6.72. The first-order valence-electron chi connectivity index (χ1n) is 7.19. The van der Waals surface area contributed by atoms with E-state index in [1.54, 1.807) is 7.05 Å². The van der Waals surface area contributed by atoms with Gasteiger partial charge in [-0.05, 0) is 31.5 Å². The van der Waals surface area contributed by atoms with Gasteiger partial charge in [-0.25, -0.2) is 0 Å². The van der Waals surface area contributed by atoms with E-state index in [0.717, 1.165) is 31.5 Å². The Bertz CT molecular complexity index is 496. The van der Waals surface area contributed by atoms with Crippen LogP contribution in [0.2, 0.25) is 0 Å². The lowest BCUT2D eigenvalue weighted by Gasteiger charge is -2.39. The molecular formula is C16H22N2O3. The molecule has 0 atom stereocenters. The molecule has 1 heterocycles. The number of benzene rings is 1. The van der Waals surface area contributed by atoms with E-state index in [1.807, 2.05) is 30.3 Å². The molecule has 0 aromatic heterocycles. The number of nitrogens with one attached hydrogen (secondary N) is 1. The van der Waals surface area contributed by atoms with Crippen LogP contribution in [0.5, 0.6) is 0 Å². The van der Waals surface area contributed by atoms with Gasteiger partial charge < -0.3 is 15.0 Å². The molecule has 0 radical (unpaired) electrons. The highest BCUT2D eigenvalue weighted by molar-refractivity contribution is 5.90. The minimum atomic E-state index is -0.546. The fourth-order valence-electron chi connectivity index (χ4n) is 2.93. The van der Waals surface area contributed by atoms with Crippen LogP contribution in [0.3, 0.4) is 0 Å². The number of piperidine rings is 1. The lowest BCUT2D eigenvalue weighted by molar-refractivity contribution is -0.148. The number of hydrogen-bond acceptors (Lipinski definition) is 4. The Morgan fingerprint density at radius 1 is 1.24 bits per heavy atom. The number of likely N-dealkylation sites (N-methyl/N-ethyl adjacent to an activating group) is 1. The molecule has 1 aromatic carbocycles. The molecule has 5 heteroatoms. The molecule has 1 N–H and O–H groups in total. The molecule has 1 aliphatic rings. The molecule has 1 amide bonds. The number of carbonyl (C=O) groups excluding carboxylic acids is 2. The highest BCUT2D eigenvalue weighted by Gasteiger charge is 2.42. The lowest BCUT2D eigenvalue weighted by atomic mass is 9.72. The first-order valence-corrected chi connectivity index (χ1v) is 7.19. The smallest absolute Gasteiger partial charge is 0.325 e. The molecular weight excluding hydrogens is 268 g/mol. The molecule has 1 saturated heterocycles. The Balaban J connectivity index is 2.28. The van der Waals surface area contributed by atoms with Crippen molar-refractivity contribution in [3.05, 3.63) is 35.9 Å². The Hall–Kier alpha value is -1.88. The van der Waals surface area contributed by atoms with E-state index in [-0.39, 0.29) is 12.5 Å². The molecule has 114 valence electrons. The zero-order valence-corrected chi connectivity index (χ0v) is 12.6. The number of ether oxygens (including phenoxy) is 1. The van der Waals surface area contributed by atoms with Gasteiger partial charge in [-0.3, -0.25) is 9.59 Å². The molecule has 1 aromatic rings. The van der Waals surface area contributed by atoms with Crippen molar-refractivity contribution in [1.82, 2.24) is 10.2 Å². The monoisotopic (exact) mass is 290 g/mol. The van der Waals surface area contributed by atoms with Crippen LogP contribution in [-0.2, 0) is 19.7 Å². The van der Waals surface area contributed by atoms with Crippen molar-refractivity contribution in [3.63, 3.8) is 0 Å². The van der Waals surface area contributed by atoms with Gasteiger partial charge in [0.2, 0.25) is 5.91 Å². The molecule has 5 nitrogen and oxygen atoms in total. The number of hydrogen-bond donors (Lipinski definition) is 1. The Labute approximate surface area is 125 Å². The number of rotatable bonds is 4. The highest BCUT2D eigenvalue weighted by atomic mass is 16.5. The van der Waals surface area contributed by atoms with Crippen molar-refractivity contribution in [3.8, 4) is 0 Å². The summed E-state index contributed by atoms with van der Waals surface area (Å²) in [5.41, 5.74) is 0.475. The van der Waals surface area contributed by atoms with E-state index >= 15 is 0 Å². The second-order valence-electron chi connectivity index (χ2n) is 5.44. The average Bonchev–Trinajstić information content (AvgIpc) is 2.55. The number of carbonyl (C=O) groups is 2. The predicted octanol–water partition coefficient (Wildman–Crippen LogP) is 0.939. The van der Waals surface area contributed by atoms with Crippen molar-refractivity contribution in [2.24, 2.45) is 0 Å². The summed E-state index contributed by atoms with van der Waals surface area (Å²) in [7, 11) is 2.99. The molecule has 0 spiro atoms. The van der Waals surface area contributed by atoms with Gasteiger partial charge in [-0.1, -0.05) is 30.3 Å². The van der Waals surface area contributed by atoms with Crippen molar-refractivity contribution < 1.29 is 14.3 Å². The van der Waals surface area contributed by atoms with E-state index in [4.69, 9.17) is 0 Å². The second-order valence-corrected chi connectivity index (χ2v) is 5.44. The maximum absolute atomic E-state index is 13.0. The van der Waals surface area contributed by atoms with Gasteiger partial charge in [0.25, 0.3) is 0 Å². The van der Waals surface area contributed by atoms with E-state index in [2.05, 4.69) is 10.1 Å². The summed E-state index contributed by atoms with van der Waals surface area (Å²) in [6.45, 7) is 1.58. The number of methoxy groups -OCH3 is 1. The highest BCUT2D eigenvalue weighted by Crippen LogP contribution is 2.35. The lowest BCUT2D eigenvalue weighted by Crippen LogP contribution is -2.52. The molecule has 1 aliphatic heterocycles. The first-order chi connectivity index (χ1) is 10.1. The summed E-state index contributed by atoms with van der Waals surface area (Å²) in [6, 6.07) is 9.84. The minimum Gasteiger partial charge on any atom is -0.468 e. The molecule has 1 fully saturated rings. The van der Waals surface area contributed by atoms with Gasteiger partial charge in [0.15, 0.2) is 0 Å². The van der Waals surface area contributed by atoms with Gasteiger partial charge in [0.05, 0.1) is 12.5 Å². The maximum atomic E-state index is 13.0. The third-order valence-electron chi connectivity index (χ3n) is 4.13. The van der Waals surface area contributed by atoms with Crippen molar-refractivity contribution in [1.29, 1.82) is 0 Å². The van der Waals surface area contributed by atoms with E-state index in [1.165, 1.54) is 12.0 Å². The third-order valence-corrected chi connectivity index (χ3v) is 4.13. The van der Waals surface area contributed by atoms with Crippen LogP contribution in [0, 0.1) is 0 Å². The normalized spacial score (nSPS) is 17.0. The fourth-order valence-corrected chi connectivity index (χ4v) is 2.93. The Morgan fingerprint density at radius 3 is 2.43 bits per heavy atom. The summed E-state index contributed by atoms with van der Waals surface area (Å²) < 4.78 is 4.65. The van der Waals surface area contributed by atoms with Gasteiger partial charge in [0, 0.05) is 7.05 Å². The fraction of sp³-hybridized carbons (Fsp3) is 0.500. The van der Waals surface area contributed by atoms with Crippen LogP contribution in [0.1, 0.15) is 18.4 Å². The average molecular weight is 290 g/mol. The Kier molecular flexibility index (Phi) is 4.96.